The number of unbranched alkanes of at least 4 members (excludes halogenated alkanes) is 2. The molecule has 0 saturated carbocycles. The number of para-hydroxylation sites is 1. The summed E-state index contributed by atoms with van der Waals surface area (Å²) in [5.74, 6) is -0.300. The topological polar surface area (TPSA) is 168 Å². The number of carbonyl (C=O) groups is 1. The SMILES string of the molecule is CC1(C)c2ccccc2N(CCCCCC(=O)NCCOCCOCCOCCN=[N+]=[N-])C1/C=C/C1=C(Cl)C(=C/C=c2\c3cccc4cccc(c43)n2CCCS(=O)(=O)O)/c2ccccc21. The van der Waals surface area contributed by atoms with Crippen LogP contribution in [0.25, 0.3) is 49.3 Å². The van der Waals surface area contributed by atoms with E-state index in [9.17, 15) is 17.8 Å². The third kappa shape index (κ3) is 11.7. The predicted octanol–water partition coefficient (Wildman–Crippen LogP) is 9.38. The molecule has 0 radical (unpaired) electrons. The molecule has 5 aromatic rings. The molecule has 1 atom stereocenters. The lowest BCUT2D eigenvalue weighted by atomic mass is 9.80. The molecule has 2 aliphatic rings. The van der Waals surface area contributed by atoms with Crippen molar-refractivity contribution in [1.82, 2.24) is 9.88 Å². The van der Waals surface area contributed by atoms with Crippen molar-refractivity contribution in [3.63, 3.8) is 0 Å². The second kappa shape index (κ2) is 22.8. The zero-order valence-electron chi connectivity index (χ0n) is 37.7. The van der Waals surface area contributed by atoms with E-state index >= 15 is 0 Å². The lowest BCUT2D eigenvalue weighted by Gasteiger charge is -2.32. The highest BCUT2D eigenvalue weighted by molar-refractivity contribution is 7.85. The van der Waals surface area contributed by atoms with Gasteiger partial charge in [0.15, 0.2) is 0 Å². The maximum Gasteiger partial charge on any atom is 0.264 e. The van der Waals surface area contributed by atoms with Crippen LogP contribution < -0.4 is 15.6 Å². The smallest absolute Gasteiger partial charge is 0.264 e. The fraction of sp³-hybridized carbons (Fsp3) is 0.392. The first-order chi connectivity index (χ1) is 32.0. The van der Waals surface area contributed by atoms with E-state index < -0.39 is 10.1 Å². The summed E-state index contributed by atoms with van der Waals surface area (Å²) in [5, 5.41) is 11.2. The van der Waals surface area contributed by atoms with Gasteiger partial charge in [0.1, 0.15) is 0 Å². The molecule has 66 heavy (non-hydrogen) atoms. The van der Waals surface area contributed by atoms with Crippen LogP contribution in [0.2, 0.25) is 0 Å². The van der Waals surface area contributed by atoms with Crippen LogP contribution in [-0.2, 0) is 41.1 Å². The van der Waals surface area contributed by atoms with E-state index in [1.165, 1.54) is 11.3 Å². The minimum absolute atomic E-state index is 0.0199. The number of fused-ring (bicyclic) bond motifs is 2. The van der Waals surface area contributed by atoms with Crippen molar-refractivity contribution >= 4 is 72.2 Å². The molecule has 0 bridgehead atoms. The second-order valence-electron chi connectivity index (χ2n) is 17.1. The zero-order valence-corrected chi connectivity index (χ0v) is 39.3. The molecule has 0 saturated heterocycles. The summed E-state index contributed by atoms with van der Waals surface area (Å²) >= 11 is 7.40. The standard InChI is InChI=1S/C51H59ClN6O7S/c1-51(2)43-18-7-8-19-45(43)58(28-9-3-4-21-48(59)54-26-30-63-32-34-65-35-33-64-31-27-55-56-53)47(51)25-23-41-39-16-6-5-15-38(39)40(50(41)52)22-24-44-42-17-10-13-37-14-11-20-46(49(37)42)57(44)29-12-36-66(60,61)62/h5-8,10-11,13-20,22-25,47H,3-4,9,12,21,26-36H2,1-2H3,(H,54,59)(H,60,61,62)/b25-23+,40-22+,44-24+. The lowest BCUT2D eigenvalue weighted by Crippen LogP contribution is -2.40. The fourth-order valence-electron chi connectivity index (χ4n) is 9.23. The van der Waals surface area contributed by atoms with Crippen LogP contribution in [0.15, 0.2) is 113 Å². The number of rotatable bonds is 25. The van der Waals surface area contributed by atoms with Crippen LogP contribution in [0.5, 0.6) is 0 Å². The van der Waals surface area contributed by atoms with Gasteiger partial charge in [0.25, 0.3) is 10.1 Å². The van der Waals surface area contributed by atoms with Gasteiger partial charge in [0.2, 0.25) is 5.91 Å². The quantitative estimate of drug-likeness (QED) is 0.0192. The number of nitrogens with one attached hydrogen (secondary N) is 1. The minimum atomic E-state index is -4.10. The molecule has 4 aromatic carbocycles. The van der Waals surface area contributed by atoms with Gasteiger partial charge in [0, 0.05) is 81.4 Å². The van der Waals surface area contributed by atoms with Gasteiger partial charge in [-0.05, 0) is 65.1 Å². The summed E-state index contributed by atoms with van der Waals surface area (Å²) in [6.07, 6.45) is 12.0. The summed E-state index contributed by atoms with van der Waals surface area (Å²) in [6.45, 7) is 9.09. The Kier molecular flexibility index (Phi) is 16.8. The molecule has 13 nitrogen and oxygen atoms in total. The molecular weight excluding hydrogens is 876 g/mol. The third-order valence-corrected chi connectivity index (χ3v) is 13.6. The first kappa shape index (κ1) is 48.5. The van der Waals surface area contributed by atoms with Crippen LogP contribution in [0.4, 0.5) is 5.69 Å². The molecule has 2 N–H and O–H groups in total. The van der Waals surface area contributed by atoms with Gasteiger partial charge >= 0.3 is 0 Å². The number of amides is 1. The molecular formula is C51H59ClN6O7S. The van der Waals surface area contributed by atoms with Gasteiger partial charge in [-0.1, -0.05) is 128 Å². The summed E-state index contributed by atoms with van der Waals surface area (Å²) in [5.41, 5.74) is 15.6. The second-order valence-corrected chi connectivity index (χ2v) is 19.0. The Labute approximate surface area is 392 Å². The van der Waals surface area contributed by atoms with E-state index in [0.717, 1.165) is 75.1 Å². The highest BCUT2D eigenvalue weighted by Crippen LogP contribution is 2.48. The summed E-state index contributed by atoms with van der Waals surface area (Å²) in [4.78, 5) is 17.8. The highest BCUT2D eigenvalue weighted by Gasteiger charge is 2.42. The van der Waals surface area contributed by atoms with E-state index in [0.29, 0.717) is 70.7 Å². The number of allylic oxidation sites excluding steroid dienone is 5. The lowest BCUT2D eigenvalue weighted by molar-refractivity contribution is -0.121. The Morgan fingerprint density at radius 1 is 0.864 bits per heavy atom. The van der Waals surface area contributed by atoms with E-state index in [-0.39, 0.29) is 29.5 Å². The van der Waals surface area contributed by atoms with Gasteiger partial charge in [0.05, 0.1) is 56.5 Å². The Morgan fingerprint density at radius 3 is 2.35 bits per heavy atom. The number of nitrogens with zero attached hydrogens (tertiary/aromatic N) is 5. The van der Waals surface area contributed by atoms with Crippen molar-refractivity contribution in [3.05, 3.63) is 141 Å². The Balaban J connectivity index is 0.998. The predicted molar refractivity (Wildman–Crippen MR) is 265 cm³/mol. The molecule has 1 aliphatic carbocycles. The van der Waals surface area contributed by atoms with Crippen LogP contribution in [-0.4, -0.2) is 94.5 Å². The maximum absolute atomic E-state index is 12.6. The molecule has 15 heteroatoms. The highest BCUT2D eigenvalue weighted by atomic mass is 35.5. The van der Waals surface area contributed by atoms with Crippen LogP contribution >= 0.6 is 11.6 Å². The number of ether oxygens (including phenoxy) is 3. The molecule has 0 fully saturated rings. The Hall–Kier alpha value is -5.44. The van der Waals surface area contributed by atoms with Crippen molar-refractivity contribution < 1.29 is 32.0 Å². The normalized spacial score (nSPS) is 16.5. The fourth-order valence-corrected chi connectivity index (χ4v) is 10.1. The first-order valence-electron chi connectivity index (χ1n) is 22.7. The molecule has 0 spiro atoms. The Bertz CT molecular complexity index is 2810. The number of hydrogen-bond donors (Lipinski definition) is 2. The van der Waals surface area contributed by atoms with Crippen LogP contribution in [0, 0.1) is 0 Å². The molecule has 2 heterocycles. The summed E-state index contributed by atoms with van der Waals surface area (Å²) in [7, 11) is -4.10. The summed E-state index contributed by atoms with van der Waals surface area (Å²) < 4.78 is 51.3. The monoisotopic (exact) mass is 934 g/mol. The van der Waals surface area contributed by atoms with Crippen molar-refractivity contribution in [2.45, 2.75) is 64.0 Å². The van der Waals surface area contributed by atoms with Gasteiger partial charge in [-0.3, -0.25) is 9.35 Å². The van der Waals surface area contributed by atoms with Crippen molar-refractivity contribution in [1.29, 1.82) is 0 Å². The van der Waals surface area contributed by atoms with Gasteiger partial charge in [-0.2, -0.15) is 8.42 Å². The first-order valence-corrected chi connectivity index (χ1v) is 24.7. The molecule has 1 aliphatic heterocycles. The van der Waals surface area contributed by atoms with E-state index in [2.05, 4.69) is 124 Å². The number of azide groups is 1. The van der Waals surface area contributed by atoms with E-state index in [4.69, 9.17) is 31.3 Å². The van der Waals surface area contributed by atoms with E-state index in [1.807, 2.05) is 24.3 Å². The number of aromatic nitrogens is 1. The van der Waals surface area contributed by atoms with Crippen molar-refractivity contribution in [2.75, 3.05) is 69.9 Å². The van der Waals surface area contributed by atoms with Gasteiger partial charge in [-0.15, -0.1) is 0 Å². The molecule has 1 amide bonds. The number of carbonyl (C=O) groups excluding carboxylic acids is 1. The number of aryl methyl sites for hydroxylation is 1. The third-order valence-electron chi connectivity index (χ3n) is 12.4. The zero-order chi connectivity index (χ0) is 46.5. The molecule has 1 unspecified atom stereocenters. The maximum atomic E-state index is 12.6. The number of hydrogen-bond acceptors (Lipinski definition) is 8. The number of benzene rings is 4. The number of anilines is 1. The van der Waals surface area contributed by atoms with Crippen molar-refractivity contribution in [2.24, 2.45) is 5.11 Å². The van der Waals surface area contributed by atoms with E-state index in [1.54, 1.807) is 0 Å². The van der Waals surface area contributed by atoms with Crippen molar-refractivity contribution in [3.8, 4) is 0 Å². The van der Waals surface area contributed by atoms with Gasteiger partial charge in [-0.25, -0.2) is 0 Å². The number of halogens is 1. The molecule has 348 valence electrons. The Morgan fingerprint density at radius 2 is 1.58 bits per heavy atom. The minimum Gasteiger partial charge on any atom is -0.379 e. The largest absolute Gasteiger partial charge is 0.379 e. The summed E-state index contributed by atoms with van der Waals surface area (Å²) in [6, 6.07) is 29.3. The molecule has 7 rings (SSSR count). The van der Waals surface area contributed by atoms with Crippen LogP contribution in [0.3, 0.4) is 0 Å². The average molecular weight is 936 g/mol. The average Bonchev–Trinajstić information content (AvgIpc) is 3.84. The van der Waals surface area contributed by atoms with Gasteiger partial charge < -0.3 is 29.0 Å². The van der Waals surface area contributed by atoms with Crippen LogP contribution in [0.1, 0.15) is 62.6 Å². The molecule has 1 aromatic heterocycles.